The highest BCUT2D eigenvalue weighted by molar-refractivity contribution is 9.10. The molecule has 0 radical (unpaired) electrons. The molecule has 1 aliphatic heterocycles. The van der Waals surface area contributed by atoms with E-state index in [1.54, 1.807) is 12.1 Å². The Labute approximate surface area is 150 Å². The number of hydrogen-bond donors (Lipinski definition) is 1. The van der Waals surface area contributed by atoms with Crippen molar-refractivity contribution in [1.82, 2.24) is 0 Å². The molecule has 1 atom stereocenters. The summed E-state index contributed by atoms with van der Waals surface area (Å²) in [5, 5.41) is 2.91. The molecule has 1 saturated heterocycles. The summed E-state index contributed by atoms with van der Waals surface area (Å²) in [5.41, 5.74) is 2.44. The second kappa shape index (κ2) is 7.81. The van der Waals surface area contributed by atoms with Gasteiger partial charge in [-0.15, -0.1) is 0 Å². The summed E-state index contributed by atoms with van der Waals surface area (Å²) in [6.07, 6.45) is 2.27. The highest BCUT2D eigenvalue weighted by Crippen LogP contribution is 2.24. The van der Waals surface area contributed by atoms with Crippen LogP contribution in [0.25, 0.3) is 0 Å². The van der Waals surface area contributed by atoms with Crippen LogP contribution in [-0.4, -0.2) is 25.2 Å². The Kier molecular flexibility index (Phi) is 5.53. The fraction of sp³-hybridized carbons (Fsp3) is 0.316. The first-order chi connectivity index (χ1) is 11.6. The van der Waals surface area contributed by atoms with Crippen molar-refractivity contribution in [2.75, 3.05) is 18.5 Å². The summed E-state index contributed by atoms with van der Waals surface area (Å²) in [4.78, 5) is 12.5. The van der Waals surface area contributed by atoms with Crippen molar-refractivity contribution < 1.29 is 14.3 Å². The summed E-state index contributed by atoms with van der Waals surface area (Å²) < 4.78 is 12.2. The number of nitrogens with one attached hydrogen (secondary N) is 1. The molecule has 3 rings (SSSR count). The zero-order chi connectivity index (χ0) is 16.9. The van der Waals surface area contributed by atoms with E-state index in [1.807, 2.05) is 37.3 Å². The predicted octanol–water partition coefficient (Wildman–Crippen LogP) is 4.57. The second-order valence-corrected chi connectivity index (χ2v) is 6.77. The van der Waals surface area contributed by atoms with Crippen LogP contribution in [0.1, 0.15) is 28.8 Å². The average Bonchev–Trinajstić information content (AvgIpc) is 3.09. The van der Waals surface area contributed by atoms with Crippen molar-refractivity contribution in [3.05, 3.63) is 58.1 Å². The van der Waals surface area contributed by atoms with Gasteiger partial charge in [0.2, 0.25) is 0 Å². The summed E-state index contributed by atoms with van der Waals surface area (Å²) in [6.45, 7) is 3.34. The Morgan fingerprint density at radius 3 is 2.96 bits per heavy atom. The van der Waals surface area contributed by atoms with Gasteiger partial charge in [0.25, 0.3) is 5.91 Å². The number of ether oxygens (including phenoxy) is 2. The third-order valence-corrected chi connectivity index (χ3v) is 4.58. The average molecular weight is 390 g/mol. The fourth-order valence-corrected chi connectivity index (χ4v) is 3.20. The third-order valence-electron chi connectivity index (χ3n) is 3.93. The molecule has 2 aromatic rings. The van der Waals surface area contributed by atoms with Gasteiger partial charge in [0.15, 0.2) is 0 Å². The molecule has 1 heterocycles. The maximum Gasteiger partial charge on any atom is 0.255 e. The Bertz CT molecular complexity index is 726. The van der Waals surface area contributed by atoms with Crippen molar-refractivity contribution in [2.45, 2.75) is 25.9 Å². The minimum Gasteiger partial charge on any atom is -0.491 e. The number of amides is 1. The van der Waals surface area contributed by atoms with Gasteiger partial charge in [-0.1, -0.05) is 12.1 Å². The molecular weight excluding hydrogens is 370 g/mol. The maximum atomic E-state index is 12.5. The van der Waals surface area contributed by atoms with Gasteiger partial charge in [0, 0.05) is 16.6 Å². The Morgan fingerprint density at radius 1 is 1.33 bits per heavy atom. The third kappa shape index (κ3) is 4.36. The molecule has 0 aromatic heterocycles. The minimum absolute atomic E-state index is 0.158. The van der Waals surface area contributed by atoms with Gasteiger partial charge in [-0.3, -0.25) is 4.79 Å². The zero-order valence-corrected chi connectivity index (χ0v) is 15.1. The van der Waals surface area contributed by atoms with Crippen molar-refractivity contribution in [1.29, 1.82) is 0 Å². The molecule has 1 unspecified atom stereocenters. The van der Waals surface area contributed by atoms with Crippen LogP contribution in [0.5, 0.6) is 5.75 Å². The normalized spacial score (nSPS) is 16.8. The smallest absolute Gasteiger partial charge is 0.255 e. The molecule has 0 spiro atoms. The Morgan fingerprint density at radius 2 is 2.21 bits per heavy atom. The first-order valence-corrected chi connectivity index (χ1v) is 8.83. The van der Waals surface area contributed by atoms with Crippen LogP contribution >= 0.6 is 15.9 Å². The van der Waals surface area contributed by atoms with Crippen LogP contribution in [0.2, 0.25) is 0 Å². The van der Waals surface area contributed by atoms with E-state index in [4.69, 9.17) is 9.47 Å². The van der Waals surface area contributed by atoms with Crippen molar-refractivity contribution in [2.24, 2.45) is 0 Å². The highest BCUT2D eigenvalue weighted by Gasteiger charge is 2.16. The summed E-state index contributed by atoms with van der Waals surface area (Å²) in [5.74, 6) is 0.517. The number of halogens is 1. The van der Waals surface area contributed by atoms with Crippen LogP contribution in [0.3, 0.4) is 0 Å². The monoisotopic (exact) mass is 389 g/mol. The molecule has 1 aliphatic rings. The van der Waals surface area contributed by atoms with E-state index in [2.05, 4.69) is 21.2 Å². The molecule has 126 valence electrons. The lowest BCUT2D eigenvalue weighted by atomic mass is 10.2. The van der Waals surface area contributed by atoms with Crippen LogP contribution < -0.4 is 10.1 Å². The Hall–Kier alpha value is -1.85. The van der Waals surface area contributed by atoms with Gasteiger partial charge in [-0.05, 0) is 71.6 Å². The molecule has 1 N–H and O–H groups in total. The van der Waals surface area contributed by atoms with Crippen LogP contribution in [0.4, 0.5) is 5.69 Å². The van der Waals surface area contributed by atoms with Gasteiger partial charge in [-0.2, -0.15) is 0 Å². The zero-order valence-electron chi connectivity index (χ0n) is 13.5. The molecule has 0 saturated carbocycles. The molecule has 2 aromatic carbocycles. The molecule has 0 aliphatic carbocycles. The quantitative estimate of drug-likeness (QED) is 0.814. The van der Waals surface area contributed by atoms with Gasteiger partial charge in [0.1, 0.15) is 12.4 Å². The molecule has 5 heteroatoms. The number of rotatable bonds is 5. The SMILES string of the molecule is Cc1ccc(NC(=O)c2cccc(OCC3CCCO3)c2)c(Br)c1. The lowest BCUT2D eigenvalue weighted by Gasteiger charge is -2.12. The van der Waals surface area contributed by atoms with E-state index in [-0.39, 0.29) is 12.0 Å². The number of anilines is 1. The van der Waals surface area contributed by atoms with Gasteiger partial charge < -0.3 is 14.8 Å². The number of hydrogen-bond acceptors (Lipinski definition) is 3. The molecular formula is C19H20BrNO3. The largest absolute Gasteiger partial charge is 0.491 e. The van der Waals surface area contributed by atoms with E-state index in [0.29, 0.717) is 17.9 Å². The van der Waals surface area contributed by atoms with Crippen LogP contribution in [-0.2, 0) is 4.74 Å². The van der Waals surface area contributed by atoms with Gasteiger partial charge >= 0.3 is 0 Å². The summed E-state index contributed by atoms with van der Waals surface area (Å²) in [7, 11) is 0. The fourth-order valence-electron chi connectivity index (χ4n) is 2.61. The van der Waals surface area contributed by atoms with Crippen molar-refractivity contribution >= 4 is 27.5 Å². The molecule has 4 nitrogen and oxygen atoms in total. The predicted molar refractivity (Wildman–Crippen MR) is 97.7 cm³/mol. The van der Waals surface area contributed by atoms with Gasteiger partial charge in [-0.25, -0.2) is 0 Å². The number of carbonyl (C=O) groups excluding carboxylic acids is 1. The topological polar surface area (TPSA) is 47.6 Å². The van der Waals surface area contributed by atoms with E-state index < -0.39 is 0 Å². The lowest BCUT2D eigenvalue weighted by molar-refractivity contribution is 0.0679. The van der Waals surface area contributed by atoms with E-state index >= 15 is 0 Å². The lowest BCUT2D eigenvalue weighted by Crippen LogP contribution is -2.17. The molecule has 1 fully saturated rings. The number of benzene rings is 2. The number of carbonyl (C=O) groups is 1. The number of aryl methyl sites for hydroxylation is 1. The van der Waals surface area contributed by atoms with Gasteiger partial charge in [0.05, 0.1) is 11.8 Å². The molecule has 1 amide bonds. The second-order valence-electron chi connectivity index (χ2n) is 5.91. The van der Waals surface area contributed by atoms with E-state index in [0.717, 1.165) is 35.2 Å². The highest BCUT2D eigenvalue weighted by atomic mass is 79.9. The van der Waals surface area contributed by atoms with Crippen LogP contribution in [0, 0.1) is 6.92 Å². The van der Waals surface area contributed by atoms with Crippen LogP contribution in [0.15, 0.2) is 46.9 Å². The van der Waals surface area contributed by atoms with Crippen molar-refractivity contribution in [3.63, 3.8) is 0 Å². The minimum atomic E-state index is -0.165. The molecule has 0 bridgehead atoms. The van der Waals surface area contributed by atoms with E-state index in [9.17, 15) is 4.79 Å². The summed E-state index contributed by atoms with van der Waals surface area (Å²) in [6, 6.07) is 13.0. The summed E-state index contributed by atoms with van der Waals surface area (Å²) >= 11 is 3.47. The first-order valence-electron chi connectivity index (χ1n) is 8.04. The molecule has 24 heavy (non-hydrogen) atoms. The van der Waals surface area contributed by atoms with E-state index in [1.165, 1.54) is 0 Å². The maximum absolute atomic E-state index is 12.5. The first kappa shape index (κ1) is 17.0. The Balaban J connectivity index is 1.65. The standard InChI is InChI=1S/C19H20BrNO3/c1-13-7-8-18(17(20)10-13)21-19(22)14-4-2-5-15(11-14)24-12-16-6-3-9-23-16/h2,4-5,7-8,10-11,16H,3,6,9,12H2,1H3,(H,21,22). The van der Waals surface area contributed by atoms with Crippen molar-refractivity contribution in [3.8, 4) is 5.75 Å².